The van der Waals surface area contributed by atoms with E-state index in [0.29, 0.717) is 24.8 Å². The van der Waals surface area contributed by atoms with Gasteiger partial charge in [-0.25, -0.2) is 4.79 Å². The number of carbonyl (C=O) groups excluding carboxylic acids is 2. The normalized spacial score (nSPS) is 14.5. The molecule has 0 N–H and O–H groups in total. The standard InChI is InChI=1S/C29H35N3O3/c1-4-17-32(23-15-18-31(19-16-23)28(33)22-11-7-6-8-12-22)20-26-27(29(34)35-5-2)21(3)24-13-9-10-14-25(24)30-26/h6-14,23H,4-5,15-20H2,1-3H3. The van der Waals surface area contributed by atoms with Gasteiger partial charge in [0.1, 0.15) is 0 Å². The average Bonchev–Trinajstić information content (AvgIpc) is 2.89. The molecule has 6 nitrogen and oxygen atoms in total. The van der Waals surface area contributed by atoms with Crippen molar-refractivity contribution in [2.45, 2.75) is 52.6 Å². The van der Waals surface area contributed by atoms with E-state index in [4.69, 9.17) is 9.72 Å². The van der Waals surface area contributed by atoms with Gasteiger partial charge in [-0.1, -0.05) is 43.3 Å². The zero-order valence-electron chi connectivity index (χ0n) is 21.0. The second-order valence-electron chi connectivity index (χ2n) is 9.16. The molecule has 0 aliphatic carbocycles. The highest BCUT2D eigenvalue weighted by Crippen LogP contribution is 2.27. The van der Waals surface area contributed by atoms with E-state index in [1.807, 2.05) is 73.3 Å². The Morgan fingerprint density at radius 1 is 1.03 bits per heavy atom. The molecule has 0 bridgehead atoms. The lowest BCUT2D eigenvalue weighted by atomic mass is 9.98. The van der Waals surface area contributed by atoms with Crippen LogP contribution in [0.15, 0.2) is 54.6 Å². The van der Waals surface area contributed by atoms with Crippen LogP contribution in [0.5, 0.6) is 0 Å². The van der Waals surface area contributed by atoms with Crippen LogP contribution in [0.3, 0.4) is 0 Å². The Labute approximate surface area is 207 Å². The van der Waals surface area contributed by atoms with Gasteiger partial charge in [-0.3, -0.25) is 14.7 Å². The third-order valence-electron chi connectivity index (χ3n) is 6.86. The number of hydrogen-bond donors (Lipinski definition) is 0. The first-order valence-corrected chi connectivity index (χ1v) is 12.7. The summed E-state index contributed by atoms with van der Waals surface area (Å²) in [4.78, 5) is 35.2. The second-order valence-corrected chi connectivity index (χ2v) is 9.16. The van der Waals surface area contributed by atoms with Crippen molar-refractivity contribution in [1.82, 2.24) is 14.8 Å². The van der Waals surface area contributed by atoms with Gasteiger partial charge in [-0.15, -0.1) is 0 Å². The van der Waals surface area contributed by atoms with Gasteiger partial charge in [-0.2, -0.15) is 0 Å². The molecular formula is C29H35N3O3. The highest BCUT2D eigenvalue weighted by Gasteiger charge is 2.29. The zero-order chi connectivity index (χ0) is 24.8. The lowest BCUT2D eigenvalue weighted by Gasteiger charge is -2.38. The number of hydrogen-bond acceptors (Lipinski definition) is 5. The van der Waals surface area contributed by atoms with Gasteiger partial charge in [0.05, 0.1) is 23.4 Å². The molecule has 0 atom stereocenters. The number of rotatable bonds is 8. The third kappa shape index (κ3) is 5.54. The minimum absolute atomic E-state index is 0.0995. The number of pyridine rings is 1. The smallest absolute Gasteiger partial charge is 0.340 e. The summed E-state index contributed by atoms with van der Waals surface area (Å²) >= 11 is 0. The Kier molecular flexibility index (Phi) is 8.13. The summed E-state index contributed by atoms with van der Waals surface area (Å²) in [5, 5.41) is 0.981. The van der Waals surface area contributed by atoms with E-state index in [-0.39, 0.29) is 11.9 Å². The van der Waals surface area contributed by atoms with Crippen LogP contribution in [0.25, 0.3) is 10.9 Å². The molecule has 1 saturated heterocycles. The number of esters is 1. The van der Waals surface area contributed by atoms with Crippen molar-refractivity contribution in [1.29, 1.82) is 0 Å². The molecule has 0 spiro atoms. The second kappa shape index (κ2) is 11.5. The fourth-order valence-corrected chi connectivity index (χ4v) is 5.10. The number of ether oxygens (including phenoxy) is 1. The molecule has 2 aromatic carbocycles. The van der Waals surface area contributed by atoms with E-state index < -0.39 is 0 Å². The maximum atomic E-state index is 13.0. The summed E-state index contributed by atoms with van der Waals surface area (Å²) in [5.41, 5.74) is 3.92. The Morgan fingerprint density at radius 3 is 2.40 bits per heavy atom. The maximum Gasteiger partial charge on any atom is 0.340 e. The predicted octanol–water partition coefficient (Wildman–Crippen LogP) is 5.24. The molecule has 0 saturated carbocycles. The molecular weight excluding hydrogens is 438 g/mol. The van der Waals surface area contributed by atoms with Crippen LogP contribution in [0.1, 0.15) is 65.1 Å². The first-order valence-electron chi connectivity index (χ1n) is 12.7. The number of para-hydroxylation sites is 1. The lowest BCUT2D eigenvalue weighted by molar-refractivity contribution is 0.0513. The quantitative estimate of drug-likeness (QED) is 0.419. The fraction of sp³-hybridized carbons (Fsp3) is 0.414. The van der Waals surface area contributed by atoms with E-state index >= 15 is 0 Å². The first kappa shape index (κ1) is 24.9. The molecule has 184 valence electrons. The van der Waals surface area contributed by atoms with Crippen molar-refractivity contribution >= 4 is 22.8 Å². The highest BCUT2D eigenvalue weighted by atomic mass is 16.5. The highest BCUT2D eigenvalue weighted by molar-refractivity contribution is 5.98. The molecule has 1 fully saturated rings. The fourth-order valence-electron chi connectivity index (χ4n) is 5.10. The monoisotopic (exact) mass is 473 g/mol. The molecule has 1 amide bonds. The van der Waals surface area contributed by atoms with Crippen LogP contribution in [0, 0.1) is 6.92 Å². The maximum absolute atomic E-state index is 13.0. The van der Waals surface area contributed by atoms with E-state index in [2.05, 4.69) is 11.8 Å². The summed E-state index contributed by atoms with van der Waals surface area (Å²) in [5.74, 6) is -0.208. The van der Waals surface area contributed by atoms with E-state index in [1.54, 1.807) is 0 Å². The average molecular weight is 474 g/mol. The number of likely N-dealkylation sites (tertiary alicyclic amines) is 1. The van der Waals surface area contributed by atoms with Crippen LogP contribution in [0.4, 0.5) is 0 Å². The molecule has 3 aromatic rings. The van der Waals surface area contributed by atoms with Crippen LogP contribution < -0.4 is 0 Å². The lowest BCUT2D eigenvalue weighted by Crippen LogP contribution is -2.47. The minimum atomic E-state index is -0.307. The van der Waals surface area contributed by atoms with Gasteiger partial charge in [0.15, 0.2) is 0 Å². The van der Waals surface area contributed by atoms with Crippen molar-refractivity contribution < 1.29 is 14.3 Å². The Bertz CT molecular complexity index is 1170. The summed E-state index contributed by atoms with van der Waals surface area (Å²) < 4.78 is 5.43. The summed E-state index contributed by atoms with van der Waals surface area (Å²) in [7, 11) is 0. The molecule has 0 unspecified atom stereocenters. The SMILES string of the molecule is CCCN(Cc1nc2ccccc2c(C)c1C(=O)OCC)C1CCN(C(=O)c2ccccc2)CC1. The Hall–Kier alpha value is -3.25. The molecule has 6 heteroatoms. The minimum Gasteiger partial charge on any atom is -0.462 e. The molecule has 4 rings (SSSR count). The van der Waals surface area contributed by atoms with Gasteiger partial charge in [0.25, 0.3) is 5.91 Å². The zero-order valence-corrected chi connectivity index (χ0v) is 21.0. The van der Waals surface area contributed by atoms with Gasteiger partial charge >= 0.3 is 5.97 Å². The first-order chi connectivity index (χ1) is 17.0. The van der Waals surface area contributed by atoms with Crippen LogP contribution in [-0.4, -0.2) is 58.9 Å². The van der Waals surface area contributed by atoms with Crippen LogP contribution in [-0.2, 0) is 11.3 Å². The van der Waals surface area contributed by atoms with Gasteiger partial charge in [-0.05, 0) is 63.4 Å². The number of piperidine rings is 1. The van der Waals surface area contributed by atoms with Crippen LogP contribution >= 0.6 is 0 Å². The summed E-state index contributed by atoms with van der Waals surface area (Å²) in [6.45, 7) is 9.27. The number of amides is 1. The third-order valence-corrected chi connectivity index (χ3v) is 6.86. The van der Waals surface area contributed by atoms with Crippen molar-refractivity contribution in [3.63, 3.8) is 0 Å². The van der Waals surface area contributed by atoms with Crippen molar-refractivity contribution in [2.24, 2.45) is 0 Å². The molecule has 1 aliphatic heterocycles. The molecule has 35 heavy (non-hydrogen) atoms. The number of benzene rings is 2. The number of carbonyl (C=O) groups is 2. The Balaban J connectivity index is 1.56. The number of aryl methyl sites for hydroxylation is 1. The van der Waals surface area contributed by atoms with Crippen LogP contribution in [0.2, 0.25) is 0 Å². The number of aromatic nitrogens is 1. The van der Waals surface area contributed by atoms with E-state index in [9.17, 15) is 9.59 Å². The molecule has 0 radical (unpaired) electrons. The predicted molar refractivity (Wildman–Crippen MR) is 139 cm³/mol. The number of nitrogens with zero attached hydrogens (tertiary/aromatic N) is 3. The molecule has 1 aliphatic rings. The largest absolute Gasteiger partial charge is 0.462 e. The summed E-state index contributed by atoms with van der Waals surface area (Å²) in [6, 6.07) is 17.8. The van der Waals surface area contributed by atoms with E-state index in [0.717, 1.165) is 66.6 Å². The van der Waals surface area contributed by atoms with Gasteiger partial charge in [0, 0.05) is 36.6 Å². The van der Waals surface area contributed by atoms with E-state index in [1.165, 1.54) is 0 Å². The Morgan fingerprint density at radius 2 is 1.71 bits per heavy atom. The topological polar surface area (TPSA) is 62.7 Å². The summed E-state index contributed by atoms with van der Waals surface area (Å²) in [6.07, 6.45) is 2.81. The van der Waals surface area contributed by atoms with Gasteiger partial charge < -0.3 is 9.64 Å². The van der Waals surface area contributed by atoms with Crippen molar-refractivity contribution in [2.75, 3.05) is 26.2 Å². The van der Waals surface area contributed by atoms with Crippen molar-refractivity contribution in [3.05, 3.63) is 77.0 Å². The molecule has 2 heterocycles. The number of fused-ring (bicyclic) bond motifs is 1. The van der Waals surface area contributed by atoms with Gasteiger partial charge in [0.2, 0.25) is 0 Å². The van der Waals surface area contributed by atoms with Crippen molar-refractivity contribution in [3.8, 4) is 0 Å². The molecule has 1 aromatic heterocycles.